The van der Waals surface area contributed by atoms with E-state index in [2.05, 4.69) is 39.5 Å². The number of hydrogen-bond acceptors (Lipinski definition) is 9. The van der Waals surface area contributed by atoms with E-state index in [-0.39, 0.29) is 24.5 Å². The molecule has 238 valence electrons. The standard InChI is InChI=1S/C31H42FN7O5/c1-5-37(6-2)16-8-17-38(29(22-10-13-24(32)14-11-22)31(41)33-20-25-9-7-18-44-25)28(40)21-39-35-30(34-36-39)23-12-15-26(42-3)27(19-23)43-4/h10-15,19,25,29H,5-9,16-18,20-21H2,1-4H3,(H,33,41)/t25-,29-/m1/s1. The number of amides is 2. The lowest BCUT2D eigenvalue weighted by molar-refractivity contribution is -0.142. The molecule has 1 saturated heterocycles. The molecule has 4 rings (SSSR count). The Morgan fingerprint density at radius 2 is 1.84 bits per heavy atom. The zero-order valence-corrected chi connectivity index (χ0v) is 25.9. The maximum absolute atomic E-state index is 14.0. The second kappa shape index (κ2) is 16.1. The van der Waals surface area contributed by atoms with Crippen LogP contribution in [0.4, 0.5) is 4.39 Å². The van der Waals surface area contributed by atoms with Gasteiger partial charge < -0.3 is 29.3 Å². The van der Waals surface area contributed by atoms with Gasteiger partial charge in [0.05, 0.1) is 20.3 Å². The number of carbonyl (C=O) groups excluding carboxylic acids is 2. The van der Waals surface area contributed by atoms with Crippen molar-refractivity contribution in [1.29, 1.82) is 0 Å². The Morgan fingerprint density at radius 3 is 2.50 bits per heavy atom. The van der Waals surface area contributed by atoms with Gasteiger partial charge in [0.25, 0.3) is 0 Å². The third-order valence-corrected chi connectivity index (χ3v) is 7.73. The van der Waals surface area contributed by atoms with E-state index < -0.39 is 11.9 Å². The molecule has 2 atom stereocenters. The van der Waals surface area contributed by atoms with Gasteiger partial charge in [0, 0.05) is 25.3 Å². The van der Waals surface area contributed by atoms with Crippen molar-refractivity contribution in [2.24, 2.45) is 0 Å². The highest BCUT2D eigenvalue weighted by Gasteiger charge is 2.32. The largest absolute Gasteiger partial charge is 0.493 e. The molecule has 0 aliphatic carbocycles. The van der Waals surface area contributed by atoms with Crippen molar-refractivity contribution in [1.82, 2.24) is 35.3 Å². The molecule has 12 nitrogen and oxygen atoms in total. The third kappa shape index (κ3) is 8.50. The lowest BCUT2D eigenvalue weighted by Gasteiger charge is -2.32. The molecule has 0 radical (unpaired) electrons. The Labute approximate surface area is 257 Å². The van der Waals surface area contributed by atoms with Crippen LogP contribution in [0.3, 0.4) is 0 Å². The normalized spacial score (nSPS) is 15.3. The van der Waals surface area contributed by atoms with E-state index in [9.17, 15) is 14.0 Å². The summed E-state index contributed by atoms with van der Waals surface area (Å²) in [5, 5.41) is 15.6. The average Bonchev–Trinajstić information content (AvgIpc) is 3.74. The summed E-state index contributed by atoms with van der Waals surface area (Å²) in [6.45, 7) is 7.69. The lowest BCUT2D eigenvalue weighted by Crippen LogP contribution is -2.47. The molecule has 1 aromatic heterocycles. The summed E-state index contributed by atoms with van der Waals surface area (Å²) >= 11 is 0. The number of nitrogens with one attached hydrogen (secondary N) is 1. The highest BCUT2D eigenvalue weighted by molar-refractivity contribution is 5.88. The minimum absolute atomic E-state index is 0.0750. The fraction of sp³-hybridized carbons (Fsp3) is 0.516. The van der Waals surface area contributed by atoms with Crippen molar-refractivity contribution in [3.8, 4) is 22.9 Å². The van der Waals surface area contributed by atoms with Crippen molar-refractivity contribution in [2.75, 3.05) is 53.6 Å². The number of hydrogen-bond donors (Lipinski definition) is 1. The van der Waals surface area contributed by atoms with Gasteiger partial charge in [-0.2, -0.15) is 4.80 Å². The average molecular weight is 612 g/mol. The number of rotatable bonds is 16. The van der Waals surface area contributed by atoms with E-state index in [0.717, 1.165) is 32.5 Å². The Kier molecular flexibility index (Phi) is 12.0. The first-order valence-corrected chi connectivity index (χ1v) is 15.0. The van der Waals surface area contributed by atoms with Gasteiger partial charge in [-0.3, -0.25) is 9.59 Å². The second-order valence-corrected chi connectivity index (χ2v) is 10.5. The summed E-state index contributed by atoms with van der Waals surface area (Å²) in [6.07, 6.45) is 2.35. The Bertz CT molecular complexity index is 1360. The van der Waals surface area contributed by atoms with E-state index in [0.29, 0.717) is 54.6 Å². The SMILES string of the molecule is CCN(CC)CCCN(C(=O)Cn1nnc(-c2ccc(OC)c(OC)c2)n1)[C@@H](C(=O)NC[C@H]1CCCO1)c1ccc(F)cc1. The van der Waals surface area contributed by atoms with E-state index in [1.807, 2.05) is 0 Å². The van der Waals surface area contributed by atoms with Gasteiger partial charge in [-0.05, 0) is 80.0 Å². The molecule has 1 fully saturated rings. The molecule has 0 bridgehead atoms. The molecule has 3 aromatic rings. The maximum Gasteiger partial charge on any atom is 0.247 e. The zero-order valence-electron chi connectivity index (χ0n) is 25.9. The number of methoxy groups -OCH3 is 2. The first kappa shape index (κ1) is 32.8. The molecular formula is C31H42FN7O5. The van der Waals surface area contributed by atoms with Crippen LogP contribution in [0.1, 0.15) is 44.7 Å². The summed E-state index contributed by atoms with van der Waals surface area (Å²) in [7, 11) is 3.08. The van der Waals surface area contributed by atoms with Crippen LogP contribution in [0.25, 0.3) is 11.4 Å². The van der Waals surface area contributed by atoms with Gasteiger partial charge in [0.15, 0.2) is 11.5 Å². The zero-order chi connectivity index (χ0) is 31.5. The van der Waals surface area contributed by atoms with Crippen LogP contribution in [0.15, 0.2) is 42.5 Å². The topological polar surface area (TPSA) is 124 Å². The highest BCUT2D eigenvalue weighted by Crippen LogP contribution is 2.31. The molecule has 2 amide bonds. The molecule has 1 N–H and O–H groups in total. The molecule has 2 heterocycles. The van der Waals surface area contributed by atoms with Crippen molar-refractivity contribution >= 4 is 11.8 Å². The van der Waals surface area contributed by atoms with Gasteiger partial charge in [-0.1, -0.05) is 26.0 Å². The Balaban J connectivity index is 1.59. The fourth-order valence-electron chi connectivity index (χ4n) is 5.25. The first-order valence-electron chi connectivity index (χ1n) is 15.0. The van der Waals surface area contributed by atoms with Gasteiger partial charge in [0.1, 0.15) is 18.4 Å². The summed E-state index contributed by atoms with van der Waals surface area (Å²) in [4.78, 5) is 32.7. The highest BCUT2D eigenvalue weighted by atomic mass is 19.1. The molecule has 0 saturated carbocycles. The van der Waals surface area contributed by atoms with Crippen LogP contribution in [-0.4, -0.2) is 101 Å². The van der Waals surface area contributed by atoms with Crippen LogP contribution in [0.2, 0.25) is 0 Å². The molecule has 1 aliphatic rings. The summed E-state index contributed by atoms with van der Waals surface area (Å²) in [6, 6.07) is 9.91. The number of ether oxygens (including phenoxy) is 3. The van der Waals surface area contributed by atoms with Gasteiger partial charge in [-0.25, -0.2) is 4.39 Å². The number of carbonyl (C=O) groups is 2. The van der Waals surface area contributed by atoms with Crippen molar-refractivity contribution in [3.63, 3.8) is 0 Å². The fourth-order valence-corrected chi connectivity index (χ4v) is 5.25. The Morgan fingerprint density at radius 1 is 1.09 bits per heavy atom. The lowest BCUT2D eigenvalue weighted by atomic mass is 10.0. The van der Waals surface area contributed by atoms with E-state index in [1.165, 1.54) is 28.9 Å². The van der Waals surface area contributed by atoms with Crippen LogP contribution in [-0.2, 0) is 20.9 Å². The first-order chi connectivity index (χ1) is 21.4. The number of benzene rings is 2. The molecule has 0 unspecified atom stereocenters. The van der Waals surface area contributed by atoms with Crippen LogP contribution in [0.5, 0.6) is 11.5 Å². The predicted octanol–water partition coefficient (Wildman–Crippen LogP) is 3.09. The third-order valence-electron chi connectivity index (χ3n) is 7.73. The van der Waals surface area contributed by atoms with Crippen LogP contribution in [0, 0.1) is 5.82 Å². The summed E-state index contributed by atoms with van der Waals surface area (Å²) < 4.78 is 30.3. The maximum atomic E-state index is 14.0. The van der Waals surface area contributed by atoms with Crippen LogP contribution < -0.4 is 14.8 Å². The van der Waals surface area contributed by atoms with Gasteiger partial charge in [-0.15, -0.1) is 10.2 Å². The van der Waals surface area contributed by atoms with Crippen molar-refractivity contribution in [2.45, 2.75) is 51.8 Å². The van der Waals surface area contributed by atoms with Crippen molar-refractivity contribution < 1.29 is 28.2 Å². The van der Waals surface area contributed by atoms with E-state index >= 15 is 0 Å². The Hall–Kier alpha value is -4.10. The summed E-state index contributed by atoms with van der Waals surface area (Å²) in [5.74, 6) is 0.206. The predicted molar refractivity (Wildman–Crippen MR) is 162 cm³/mol. The van der Waals surface area contributed by atoms with Gasteiger partial charge >= 0.3 is 0 Å². The van der Waals surface area contributed by atoms with Crippen molar-refractivity contribution in [3.05, 3.63) is 53.8 Å². The molecular weight excluding hydrogens is 569 g/mol. The monoisotopic (exact) mass is 611 g/mol. The second-order valence-electron chi connectivity index (χ2n) is 10.5. The molecule has 44 heavy (non-hydrogen) atoms. The smallest absolute Gasteiger partial charge is 0.247 e. The number of tetrazole rings is 1. The number of nitrogens with zero attached hydrogens (tertiary/aromatic N) is 6. The minimum Gasteiger partial charge on any atom is -0.493 e. The van der Waals surface area contributed by atoms with E-state index in [1.54, 1.807) is 37.4 Å². The van der Waals surface area contributed by atoms with Gasteiger partial charge in [0.2, 0.25) is 17.6 Å². The van der Waals surface area contributed by atoms with E-state index in [4.69, 9.17) is 14.2 Å². The molecule has 13 heteroatoms. The van der Waals surface area contributed by atoms with Crippen LogP contribution >= 0.6 is 0 Å². The molecule has 0 spiro atoms. The number of aromatic nitrogens is 4. The molecule has 2 aromatic carbocycles. The minimum atomic E-state index is -0.991. The molecule has 1 aliphatic heterocycles. The summed E-state index contributed by atoms with van der Waals surface area (Å²) in [5.41, 5.74) is 1.14. The number of halogens is 1. The quantitative estimate of drug-likeness (QED) is 0.260.